The highest BCUT2D eigenvalue weighted by Crippen LogP contribution is 2.29. The predicted molar refractivity (Wildman–Crippen MR) is 61.8 cm³/mol. The third-order valence-corrected chi connectivity index (χ3v) is 2.81. The Balaban J connectivity index is 3.25. The molecule has 1 atom stereocenters. The van der Waals surface area contributed by atoms with Crippen LogP contribution in [0.1, 0.15) is 12.5 Å². The molecule has 1 aromatic rings. The molecular formula is C11H13BrFNO. The van der Waals surface area contributed by atoms with Gasteiger partial charge in [0.1, 0.15) is 11.6 Å². The molecule has 4 heteroatoms. The molecule has 0 saturated heterocycles. The fourth-order valence-electron chi connectivity index (χ4n) is 1.26. The van der Waals surface area contributed by atoms with Gasteiger partial charge in [0, 0.05) is 10.0 Å². The van der Waals surface area contributed by atoms with Crippen LogP contribution in [0.2, 0.25) is 0 Å². The standard InChI is InChI=1S/C11H13BrFNO/c1-7(15-3)11(2,14)9-6-8(12)4-5-10(9)13/h4-6H,1,14H2,2-3H3. The van der Waals surface area contributed by atoms with E-state index < -0.39 is 5.54 Å². The van der Waals surface area contributed by atoms with Crippen LogP contribution >= 0.6 is 15.9 Å². The summed E-state index contributed by atoms with van der Waals surface area (Å²) >= 11 is 3.27. The van der Waals surface area contributed by atoms with Crippen molar-refractivity contribution in [3.05, 3.63) is 46.4 Å². The molecule has 0 radical (unpaired) electrons. The van der Waals surface area contributed by atoms with E-state index in [4.69, 9.17) is 10.5 Å². The van der Waals surface area contributed by atoms with Gasteiger partial charge in [-0.05, 0) is 25.1 Å². The molecule has 0 bridgehead atoms. The Morgan fingerprint density at radius 1 is 1.60 bits per heavy atom. The number of benzene rings is 1. The first-order chi connectivity index (χ1) is 6.89. The Hall–Kier alpha value is -0.870. The van der Waals surface area contributed by atoms with E-state index in [1.807, 2.05) is 0 Å². The van der Waals surface area contributed by atoms with E-state index in [9.17, 15) is 4.39 Å². The van der Waals surface area contributed by atoms with E-state index in [1.165, 1.54) is 13.2 Å². The molecule has 0 aromatic heterocycles. The normalized spacial score (nSPS) is 14.5. The monoisotopic (exact) mass is 273 g/mol. The summed E-state index contributed by atoms with van der Waals surface area (Å²) in [5.41, 5.74) is 5.29. The van der Waals surface area contributed by atoms with Crippen LogP contribution in [0.5, 0.6) is 0 Å². The first-order valence-corrected chi connectivity index (χ1v) is 5.16. The molecule has 0 aliphatic carbocycles. The maximum atomic E-state index is 13.6. The fourth-order valence-corrected chi connectivity index (χ4v) is 1.62. The highest BCUT2D eigenvalue weighted by molar-refractivity contribution is 9.10. The Labute approximate surface area is 97.1 Å². The highest BCUT2D eigenvalue weighted by Gasteiger charge is 2.29. The number of nitrogens with two attached hydrogens (primary N) is 1. The fraction of sp³-hybridized carbons (Fsp3) is 0.273. The maximum absolute atomic E-state index is 13.6. The van der Waals surface area contributed by atoms with Gasteiger partial charge >= 0.3 is 0 Å². The molecule has 0 aliphatic rings. The van der Waals surface area contributed by atoms with Crippen molar-refractivity contribution in [1.82, 2.24) is 0 Å². The number of hydrogen-bond donors (Lipinski definition) is 1. The number of hydrogen-bond acceptors (Lipinski definition) is 2. The van der Waals surface area contributed by atoms with Gasteiger partial charge in [-0.15, -0.1) is 0 Å². The van der Waals surface area contributed by atoms with Crippen LogP contribution in [0.4, 0.5) is 4.39 Å². The van der Waals surface area contributed by atoms with E-state index in [0.717, 1.165) is 4.47 Å². The molecule has 0 spiro atoms. The van der Waals surface area contributed by atoms with Gasteiger partial charge in [0.15, 0.2) is 0 Å². The van der Waals surface area contributed by atoms with Gasteiger partial charge in [-0.3, -0.25) is 0 Å². The lowest BCUT2D eigenvalue weighted by Gasteiger charge is -2.26. The SMILES string of the molecule is C=C(OC)C(C)(N)c1cc(Br)ccc1F. The Morgan fingerprint density at radius 2 is 2.20 bits per heavy atom. The Morgan fingerprint density at radius 3 is 2.73 bits per heavy atom. The van der Waals surface area contributed by atoms with Crippen LogP contribution in [0.15, 0.2) is 35.0 Å². The van der Waals surface area contributed by atoms with E-state index in [1.54, 1.807) is 19.1 Å². The van der Waals surface area contributed by atoms with Gasteiger partial charge in [-0.25, -0.2) is 4.39 Å². The van der Waals surface area contributed by atoms with Crippen molar-refractivity contribution in [3.63, 3.8) is 0 Å². The van der Waals surface area contributed by atoms with Gasteiger partial charge < -0.3 is 10.5 Å². The summed E-state index contributed by atoms with van der Waals surface area (Å²) < 4.78 is 19.3. The van der Waals surface area contributed by atoms with Crippen molar-refractivity contribution in [1.29, 1.82) is 0 Å². The number of rotatable bonds is 3. The van der Waals surface area contributed by atoms with E-state index in [-0.39, 0.29) is 5.82 Å². The molecule has 1 unspecified atom stereocenters. The molecule has 1 aromatic carbocycles. The zero-order valence-electron chi connectivity index (χ0n) is 8.68. The van der Waals surface area contributed by atoms with E-state index >= 15 is 0 Å². The van der Waals surface area contributed by atoms with Crippen molar-refractivity contribution >= 4 is 15.9 Å². The highest BCUT2D eigenvalue weighted by atomic mass is 79.9. The van der Waals surface area contributed by atoms with Crippen molar-refractivity contribution in [3.8, 4) is 0 Å². The summed E-state index contributed by atoms with van der Waals surface area (Å²) in [4.78, 5) is 0. The van der Waals surface area contributed by atoms with Gasteiger partial charge in [0.25, 0.3) is 0 Å². The summed E-state index contributed by atoms with van der Waals surface area (Å²) in [7, 11) is 1.46. The lowest BCUT2D eigenvalue weighted by atomic mass is 9.91. The Kier molecular flexibility index (Phi) is 3.52. The van der Waals surface area contributed by atoms with Crippen molar-refractivity contribution in [2.75, 3.05) is 7.11 Å². The molecular weight excluding hydrogens is 261 g/mol. The van der Waals surface area contributed by atoms with E-state index in [0.29, 0.717) is 11.3 Å². The minimum absolute atomic E-state index is 0.319. The average molecular weight is 274 g/mol. The number of methoxy groups -OCH3 is 1. The smallest absolute Gasteiger partial charge is 0.128 e. The summed E-state index contributed by atoms with van der Waals surface area (Å²) in [6.45, 7) is 5.32. The first-order valence-electron chi connectivity index (χ1n) is 4.37. The molecule has 0 amide bonds. The van der Waals surface area contributed by atoms with Gasteiger partial charge in [0.05, 0.1) is 12.6 Å². The topological polar surface area (TPSA) is 35.2 Å². The zero-order valence-corrected chi connectivity index (χ0v) is 10.3. The van der Waals surface area contributed by atoms with Crippen LogP contribution < -0.4 is 5.73 Å². The summed E-state index contributed by atoms with van der Waals surface area (Å²) in [6.07, 6.45) is 0. The average Bonchev–Trinajstić information content (AvgIpc) is 2.20. The molecule has 2 N–H and O–H groups in total. The third-order valence-electron chi connectivity index (χ3n) is 2.31. The third kappa shape index (κ3) is 2.38. The van der Waals surface area contributed by atoms with Gasteiger partial charge in [-0.1, -0.05) is 22.5 Å². The molecule has 2 nitrogen and oxygen atoms in total. The molecule has 0 fully saturated rings. The molecule has 0 aliphatic heterocycles. The van der Waals surface area contributed by atoms with Crippen LogP contribution in [-0.2, 0) is 10.3 Å². The second-order valence-corrected chi connectivity index (χ2v) is 4.37. The maximum Gasteiger partial charge on any atom is 0.128 e. The predicted octanol–water partition coefficient (Wildman–Crippen LogP) is 2.92. The lowest BCUT2D eigenvalue weighted by Crippen LogP contribution is -2.36. The second kappa shape index (κ2) is 4.33. The minimum atomic E-state index is -1.04. The molecule has 0 saturated carbocycles. The van der Waals surface area contributed by atoms with Crippen molar-refractivity contribution in [2.45, 2.75) is 12.5 Å². The van der Waals surface area contributed by atoms with Crippen LogP contribution in [0, 0.1) is 5.82 Å². The number of ether oxygens (including phenoxy) is 1. The second-order valence-electron chi connectivity index (χ2n) is 3.45. The summed E-state index contributed by atoms with van der Waals surface area (Å²) in [5.74, 6) is -0.0547. The quantitative estimate of drug-likeness (QED) is 0.860. The zero-order chi connectivity index (χ0) is 11.6. The van der Waals surface area contributed by atoms with E-state index in [2.05, 4.69) is 22.5 Å². The first kappa shape index (κ1) is 12.2. The minimum Gasteiger partial charge on any atom is -0.499 e. The van der Waals surface area contributed by atoms with Crippen LogP contribution in [0.25, 0.3) is 0 Å². The summed E-state index contributed by atoms with van der Waals surface area (Å²) in [5, 5.41) is 0. The van der Waals surface area contributed by atoms with Crippen LogP contribution in [-0.4, -0.2) is 7.11 Å². The Bertz CT molecular complexity index is 390. The molecule has 82 valence electrons. The number of halogens is 2. The van der Waals surface area contributed by atoms with Crippen molar-refractivity contribution in [2.24, 2.45) is 5.73 Å². The van der Waals surface area contributed by atoms with Gasteiger partial charge in [-0.2, -0.15) is 0 Å². The summed E-state index contributed by atoms with van der Waals surface area (Å²) in [6, 6.07) is 4.59. The van der Waals surface area contributed by atoms with Crippen LogP contribution in [0.3, 0.4) is 0 Å². The van der Waals surface area contributed by atoms with Crippen molar-refractivity contribution < 1.29 is 9.13 Å². The van der Waals surface area contributed by atoms with Gasteiger partial charge in [0.2, 0.25) is 0 Å². The molecule has 15 heavy (non-hydrogen) atoms. The molecule has 0 heterocycles. The largest absolute Gasteiger partial charge is 0.499 e. The molecule has 1 rings (SSSR count). The lowest BCUT2D eigenvalue weighted by molar-refractivity contribution is 0.229.